The smallest absolute Gasteiger partial charge is 0.272 e. The molecular formula is C33H36F2N4O4. The number of benzene rings is 2. The molecule has 1 atom stereocenters. The van der Waals surface area contributed by atoms with Crippen molar-refractivity contribution in [2.45, 2.75) is 52.1 Å². The SMILES string of the molecule is CC(C)c1cc(F)c(COc2ccc(C(C3=NCCN(CC4COC(C)(C)O4)C3=O)=C(N)c3ccncc3)cc2)cc1F. The first-order valence-electron chi connectivity index (χ1n) is 14.3. The van der Waals surface area contributed by atoms with Crippen LogP contribution in [0.15, 0.2) is 65.9 Å². The lowest BCUT2D eigenvalue weighted by Crippen LogP contribution is -2.47. The van der Waals surface area contributed by atoms with Crippen molar-refractivity contribution in [3.05, 3.63) is 94.8 Å². The van der Waals surface area contributed by atoms with E-state index >= 15 is 0 Å². The minimum absolute atomic E-state index is 0.121. The first-order chi connectivity index (χ1) is 20.5. The topological polar surface area (TPSA) is 99.3 Å². The predicted molar refractivity (Wildman–Crippen MR) is 160 cm³/mol. The summed E-state index contributed by atoms with van der Waals surface area (Å²) >= 11 is 0. The third-order valence-electron chi connectivity index (χ3n) is 7.44. The van der Waals surface area contributed by atoms with Crippen molar-refractivity contribution >= 4 is 22.9 Å². The van der Waals surface area contributed by atoms with Gasteiger partial charge in [-0.1, -0.05) is 26.0 Å². The van der Waals surface area contributed by atoms with Crippen LogP contribution in [0.2, 0.25) is 0 Å². The molecule has 5 rings (SSSR count). The number of ether oxygens (including phenoxy) is 3. The van der Waals surface area contributed by atoms with Gasteiger partial charge in [-0.15, -0.1) is 0 Å². The van der Waals surface area contributed by atoms with E-state index in [4.69, 9.17) is 19.9 Å². The van der Waals surface area contributed by atoms with Gasteiger partial charge in [0.2, 0.25) is 0 Å². The lowest BCUT2D eigenvalue weighted by atomic mass is 9.94. The highest BCUT2D eigenvalue weighted by atomic mass is 19.1. The largest absolute Gasteiger partial charge is 0.489 e. The molecule has 226 valence electrons. The van der Waals surface area contributed by atoms with Crippen molar-refractivity contribution < 1.29 is 27.8 Å². The fourth-order valence-electron chi connectivity index (χ4n) is 5.19. The molecule has 0 spiro atoms. The number of aromatic nitrogens is 1. The van der Waals surface area contributed by atoms with Gasteiger partial charge >= 0.3 is 0 Å². The minimum Gasteiger partial charge on any atom is -0.489 e. The van der Waals surface area contributed by atoms with Crippen LogP contribution in [0.25, 0.3) is 11.3 Å². The van der Waals surface area contributed by atoms with Gasteiger partial charge in [-0.3, -0.25) is 14.8 Å². The molecule has 2 aromatic carbocycles. The highest BCUT2D eigenvalue weighted by Gasteiger charge is 2.36. The Labute approximate surface area is 250 Å². The van der Waals surface area contributed by atoms with E-state index in [1.165, 1.54) is 12.1 Å². The number of carbonyl (C=O) groups is 1. The summed E-state index contributed by atoms with van der Waals surface area (Å²) in [5.41, 5.74) is 9.57. The van der Waals surface area contributed by atoms with Crippen LogP contribution in [0.1, 0.15) is 55.9 Å². The van der Waals surface area contributed by atoms with E-state index < -0.39 is 17.4 Å². The Morgan fingerprint density at radius 1 is 1.09 bits per heavy atom. The second kappa shape index (κ2) is 12.6. The lowest BCUT2D eigenvalue weighted by molar-refractivity contribution is -0.144. The van der Waals surface area contributed by atoms with Gasteiger partial charge in [0, 0.05) is 47.9 Å². The number of halogens is 2. The third-order valence-corrected chi connectivity index (χ3v) is 7.44. The van der Waals surface area contributed by atoms with Crippen molar-refractivity contribution in [2.75, 3.05) is 26.2 Å². The van der Waals surface area contributed by atoms with E-state index in [-0.39, 0.29) is 35.8 Å². The summed E-state index contributed by atoms with van der Waals surface area (Å²) in [5.74, 6) is -1.63. The van der Waals surface area contributed by atoms with E-state index in [2.05, 4.69) is 9.98 Å². The molecule has 0 aliphatic carbocycles. The van der Waals surface area contributed by atoms with Crippen molar-refractivity contribution in [3.63, 3.8) is 0 Å². The molecule has 1 aromatic heterocycles. The number of rotatable bonds is 9. The average Bonchev–Trinajstić information content (AvgIpc) is 3.33. The zero-order valence-corrected chi connectivity index (χ0v) is 24.8. The summed E-state index contributed by atoms with van der Waals surface area (Å²) in [7, 11) is 0. The summed E-state index contributed by atoms with van der Waals surface area (Å²) in [6.07, 6.45) is 3.00. The Balaban J connectivity index is 1.40. The van der Waals surface area contributed by atoms with Crippen LogP contribution in [0.5, 0.6) is 5.75 Å². The maximum Gasteiger partial charge on any atom is 0.272 e. The van der Waals surface area contributed by atoms with Gasteiger partial charge in [-0.25, -0.2) is 8.78 Å². The first kappa shape index (κ1) is 30.3. The number of amides is 1. The predicted octanol–water partition coefficient (Wildman–Crippen LogP) is 5.32. The normalized spacial score (nSPS) is 19.0. The Morgan fingerprint density at radius 2 is 1.81 bits per heavy atom. The summed E-state index contributed by atoms with van der Waals surface area (Å²) in [6.45, 7) is 8.78. The van der Waals surface area contributed by atoms with Gasteiger partial charge < -0.3 is 24.8 Å². The number of aliphatic imine (C=N–C) groups is 1. The van der Waals surface area contributed by atoms with Crippen LogP contribution >= 0.6 is 0 Å². The Morgan fingerprint density at radius 3 is 2.47 bits per heavy atom. The van der Waals surface area contributed by atoms with Gasteiger partial charge in [0.05, 0.1) is 13.2 Å². The number of hydrogen-bond acceptors (Lipinski definition) is 7. The Kier molecular flexibility index (Phi) is 8.89. The van der Waals surface area contributed by atoms with E-state index in [1.54, 1.807) is 53.7 Å². The van der Waals surface area contributed by atoms with E-state index in [0.29, 0.717) is 60.0 Å². The second-order valence-corrected chi connectivity index (χ2v) is 11.4. The van der Waals surface area contributed by atoms with Gasteiger partial charge in [0.15, 0.2) is 5.79 Å². The monoisotopic (exact) mass is 590 g/mol. The van der Waals surface area contributed by atoms with Crippen LogP contribution < -0.4 is 10.5 Å². The molecule has 0 radical (unpaired) electrons. The number of pyridine rings is 1. The molecule has 1 fully saturated rings. The second-order valence-electron chi connectivity index (χ2n) is 11.4. The number of nitrogens with zero attached hydrogens (tertiary/aromatic N) is 3. The van der Waals surface area contributed by atoms with Crippen molar-refractivity contribution in [3.8, 4) is 5.75 Å². The number of hydrogen-bond donors (Lipinski definition) is 1. The molecule has 43 heavy (non-hydrogen) atoms. The zero-order valence-electron chi connectivity index (χ0n) is 24.8. The summed E-state index contributed by atoms with van der Waals surface area (Å²) in [5, 5.41) is 0. The molecule has 2 N–H and O–H groups in total. The van der Waals surface area contributed by atoms with Crippen molar-refractivity contribution in [1.82, 2.24) is 9.88 Å². The van der Waals surface area contributed by atoms with Crippen LogP contribution in [0, 0.1) is 11.6 Å². The molecule has 8 nitrogen and oxygen atoms in total. The van der Waals surface area contributed by atoms with E-state index in [9.17, 15) is 13.6 Å². The number of carbonyl (C=O) groups excluding carboxylic acids is 1. The summed E-state index contributed by atoms with van der Waals surface area (Å²) < 4.78 is 46.5. The lowest BCUT2D eigenvalue weighted by Gasteiger charge is -2.30. The van der Waals surface area contributed by atoms with Crippen LogP contribution in [0.3, 0.4) is 0 Å². The first-order valence-corrected chi connectivity index (χ1v) is 14.3. The highest BCUT2D eigenvalue weighted by molar-refractivity contribution is 6.58. The van der Waals surface area contributed by atoms with Crippen LogP contribution in [-0.4, -0.2) is 59.6 Å². The zero-order chi connectivity index (χ0) is 30.7. The highest BCUT2D eigenvalue weighted by Crippen LogP contribution is 2.30. The van der Waals surface area contributed by atoms with Crippen molar-refractivity contribution in [2.24, 2.45) is 10.7 Å². The van der Waals surface area contributed by atoms with Crippen molar-refractivity contribution in [1.29, 1.82) is 0 Å². The molecule has 0 bridgehead atoms. The molecule has 1 amide bonds. The molecule has 10 heteroatoms. The summed E-state index contributed by atoms with van der Waals surface area (Å²) in [4.78, 5) is 24.2. The molecule has 2 aliphatic rings. The fraction of sp³-hybridized carbons (Fsp3) is 0.364. The standard InChI is InChI=1S/C33H36F2N4O4/c1-20(2)26-16-27(34)23(15-28(26)35)18-41-24-7-5-21(6-8-24)29(30(36)22-9-11-37-12-10-22)31-32(40)39(14-13-38-31)17-25-19-42-33(3,4)43-25/h5-12,15-16,20,25H,13-14,17-19,36H2,1-4H3. The Hall–Kier alpha value is -4.15. The minimum atomic E-state index is -0.696. The summed E-state index contributed by atoms with van der Waals surface area (Å²) in [6, 6.07) is 12.9. The van der Waals surface area contributed by atoms with Crippen LogP contribution in [0.4, 0.5) is 8.78 Å². The quantitative estimate of drug-likeness (QED) is 0.362. The van der Waals surface area contributed by atoms with Gasteiger partial charge in [0.25, 0.3) is 5.91 Å². The van der Waals surface area contributed by atoms with E-state index in [1.807, 2.05) is 27.7 Å². The third kappa shape index (κ3) is 6.92. The molecule has 0 saturated carbocycles. The molecule has 1 saturated heterocycles. The Bertz CT molecular complexity index is 1540. The molecule has 1 unspecified atom stereocenters. The van der Waals surface area contributed by atoms with Gasteiger partial charge in [-0.2, -0.15) is 0 Å². The molecule has 3 heterocycles. The van der Waals surface area contributed by atoms with Gasteiger partial charge in [-0.05, 0) is 67.3 Å². The van der Waals surface area contributed by atoms with Gasteiger partial charge in [0.1, 0.15) is 35.8 Å². The van der Waals surface area contributed by atoms with E-state index in [0.717, 1.165) is 0 Å². The maximum absolute atomic E-state index is 14.6. The molecular weight excluding hydrogens is 554 g/mol. The maximum atomic E-state index is 14.6. The molecule has 2 aliphatic heterocycles. The number of nitrogens with two attached hydrogens (primary N) is 1. The van der Waals surface area contributed by atoms with Crippen LogP contribution in [-0.2, 0) is 20.9 Å². The molecule has 3 aromatic rings. The average molecular weight is 591 g/mol. The fourth-order valence-corrected chi connectivity index (χ4v) is 5.19.